The second-order valence-electron chi connectivity index (χ2n) is 5.39. The zero-order valence-electron chi connectivity index (χ0n) is 12.1. The van der Waals surface area contributed by atoms with Crippen LogP contribution in [0.5, 0.6) is 5.75 Å². The molecule has 4 nitrogen and oxygen atoms in total. The molecule has 2 aromatic carbocycles. The van der Waals surface area contributed by atoms with Gasteiger partial charge in [-0.2, -0.15) is 0 Å². The van der Waals surface area contributed by atoms with E-state index in [1.54, 1.807) is 12.1 Å². The van der Waals surface area contributed by atoms with Crippen molar-refractivity contribution in [1.82, 2.24) is 0 Å². The van der Waals surface area contributed by atoms with E-state index in [0.29, 0.717) is 29.6 Å². The summed E-state index contributed by atoms with van der Waals surface area (Å²) in [6.45, 7) is 1.15. The zero-order valence-corrected chi connectivity index (χ0v) is 12.9. The van der Waals surface area contributed by atoms with Crippen LogP contribution in [0, 0.1) is 0 Å². The molecule has 1 fully saturated rings. The molecule has 1 saturated heterocycles. The third-order valence-electron chi connectivity index (χ3n) is 3.71. The molecule has 3 aromatic rings. The summed E-state index contributed by atoms with van der Waals surface area (Å²) in [5, 5.41) is 1.25. The third-order valence-corrected chi connectivity index (χ3v) is 4.00. The van der Waals surface area contributed by atoms with Crippen molar-refractivity contribution in [2.24, 2.45) is 0 Å². The Morgan fingerprint density at radius 1 is 1.17 bits per heavy atom. The molecule has 0 bridgehead atoms. The molecular weight excluding hydrogens is 316 g/mol. The lowest BCUT2D eigenvalue weighted by atomic mass is 10.0. The van der Waals surface area contributed by atoms with Crippen LogP contribution in [0.15, 0.2) is 57.7 Å². The molecule has 0 unspecified atom stereocenters. The predicted molar refractivity (Wildman–Crippen MR) is 88.2 cm³/mol. The highest BCUT2D eigenvalue weighted by Crippen LogP contribution is 2.35. The van der Waals surface area contributed by atoms with E-state index in [2.05, 4.69) is 0 Å². The minimum Gasteiger partial charge on any atom is -0.489 e. The summed E-state index contributed by atoms with van der Waals surface area (Å²) >= 11 is 6.32. The maximum absolute atomic E-state index is 11.9. The van der Waals surface area contributed by atoms with Gasteiger partial charge in [-0.3, -0.25) is 0 Å². The van der Waals surface area contributed by atoms with Crippen LogP contribution in [-0.4, -0.2) is 19.3 Å². The first-order chi connectivity index (χ1) is 11.2. The van der Waals surface area contributed by atoms with E-state index in [4.69, 9.17) is 25.5 Å². The lowest BCUT2D eigenvalue weighted by molar-refractivity contribution is 0.263. The van der Waals surface area contributed by atoms with Crippen LogP contribution in [0.3, 0.4) is 0 Å². The van der Waals surface area contributed by atoms with Gasteiger partial charge in [0.15, 0.2) is 0 Å². The van der Waals surface area contributed by atoms with Crippen molar-refractivity contribution in [3.8, 4) is 16.9 Å². The molecule has 5 heteroatoms. The van der Waals surface area contributed by atoms with Crippen LogP contribution >= 0.6 is 11.6 Å². The first-order valence-electron chi connectivity index (χ1n) is 7.28. The third kappa shape index (κ3) is 2.96. The second kappa shape index (κ2) is 5.72. The van der Waals surface area contributed by atoms with Crippen LogP contribution in [0.25, 0.3) is 22.1 Å². The van der Waals surface area contributed by atoms with Crippen molar-refractivity contribution in [3.05, 3.63) is 64.0 Å². The van der Waals surface area contributed by atoms with Crippen LogP contribution in [0.4, 0.5) is 0 Å². The molecule has 4 rings (SSSR count). The fourth-order valence-corrected chi connectivity index (χ4v) is 2.70. The van der Waals surface area contributed by atoms with Crippen LogP contribution < -0.4 is 10.4 Å². The summed E-state index contributed by atoms with van der Waals surface area (Å²) < 4.78 is 16.1. The molecule has 0 amide bonds. The lowest BCUT2D eigenvalue weighted by Gasteiger charge is -2.10. The molecule has 1 aliphatic heterocycles. The van der Waals surface area contributed by atoms with Gasteiger partial charge in [0.1, 0.15) is 24.0 Å². The molecule has 1 aliphatic rings. The predicted octanol–water partition coefficient (Wildman–Crippen LogP) is 3.89. The zero-order chi connectivity index (χ0) is 15.8. The quantitative estimate of drug-likeness (QED) is 0.538. The number of hydrogen-bond donors (Lipinski definition) is 0. The molecular formula is C18H13ClO4. The number of ether oxygens (including phenoxy) is 2. The largest absolute Gasteiger partial charge is 0.489 e. The van der Waals surface area contributed by atoms with E-state index in [1.165, 1.54) is 6.07 Å². The van der Waals surface area contributed by atoms with Gasteiger partial charge in [-0.15, -0.1) is 0 Å². The normalized spacial score (nSPS) is 16.5. The Morgan fingerprint density at radius 2 is 1.96 bits per heavy atom. The smallest absolute Gasteiger partial charge is 0.336 e. The number of fused-ring (bicyclic) bond motifs is 1. The SMILES string of the molecule is O=c1cc(-c2ccccc2)c2cc(Cl)c(OC[C@H]3CO3)cc2o1. The number of halogens is 1. The number of benzene rings is 2. The summed E-state index contributed by atoms with van der Waals surface area (Å²) in [7, 11) is 0. The average molecular weight is 329 g/mol. The molecule has 116 valence electrons. The van der Waals surface area contributed by atoms with Gasteiger partial charge in [-0.25, -0.2) is 4.79 Å². The Labute approximate surface area is 137 Å². The topological polar surface area (TPSA) is 52.0 Å². The van der Waals surface area contributed by atoms with E-state index >= 15 is 0 Å². The van der Waals surface area contributed by atoms with Gasteiger partial charge in [-0.1, -0.05) is 41.9 Å². The molecule has 1 atom stereocenters. The highest BCUT2D eigenvalue weighted by atomic mass is 35.5. The maximum atomic E-state index is 11.9. The van der Waals surface area contributed by atoms with Crippen molar-refractivity contribution >= 4 is 22.6 Å². The molecule has 0 radical (unpaired) electrons. The Hall–Kier alpha value is -2.30. The molecule has 1 aromatic heterocycles. The lowest BCUT2D eigenvalue weighted by Crippen LogP contribution is -2.05. The minimum atomic E-state index is -0.407. The van der Waals surface area contributed by atoms with Crippen molar-refractivity contribution in [2.45, 2.75) is 6.10 Å². The van der Waals surface area contributed by atoms with Gasteiger partial charge < -0.3 is 13.9 Å². The Kier molecular flexibility index (Phi) is 3.56. The van der Waals surface area contributed by atoms with Crippen molar-refractivity contribution in [2.75, 3.05) is 13.2 Å². The second-order valence-corrected chi connectivity index (χ2v) is 5.80. The monoisotopic (exact) mass is 328 g/mol. The fraction of sp³-hybridized carbons (Fsp3) is 0.167. The fourth-order valence-electron chi connectivity index (χ4n) is 2.48. The molecule has 0 N–H and O–H groups in total. The van der Waals surface area contributed by atoms with Crippen LogP contribution in [-0.2, 0) is 4.74 Å². The summed E-state index contributed by atoms with van der Waals surface area (Å²) in [6.07, 6.45) is 0.129. The standard InChI is InChI=1S/C18H13ClO4/c19-15-6-14-13(11-4-2-1-3-5-11)7-18(20)23-16(14)8-17(15)22-10-12-9-21-12/h1-8,12H,9-10H2/t12-/m1/s1. The highest BCUT2D eigenvalue weighted by Gasteiger charge is 2.23. The summed E-state index contributed by atoms with van der Waals surface area (Å²) in [5.74, 6) is 0.489. The Morgan fingerprint density at radius 3 is 2.70 bits per heavy atom. The maximum Gasteiger partial charge on any atom is 0.336 e. The molecule has 2 heterocycles. The van der Waals surface area contributed by atoms with Crippen LogP contribution in [0.2, 0.25) is 5.02 Å². The van der Waals surface area contributed by atoms with Crippen molar-refractivity contribution in [1.29, 1.82) is 0 Å². The molecule has 0 spiro atoms. The van der Waals surface area contributed by atoms with E-state index in [-0.39, 0.29) is 6.10 Å². The number of epoxide rings is 1. The van der Waals surface area contributed by atoms with Gasteiger partial charge in [-0.05, 0) is 17.2 Å². The minimum absolute atomic E-state index is 0.129. The van der Waals surface area contributed by atoms with Crippen LogP contribution in [0.1, 0.15) is 0 Å². The van der Waals surface area contributed by atoms with Gasteiger partial charge >= 0.3 is 5.63 Å². The van der Waals surface area contributed by atoms with Gasteiger partial charge in [0, 0.05) is 17.5 Å². The Balaban J connectivity index is 1.84. The first-order valence-corrected chi connectivity index (χ1v) is 7.66. The van der Waals surface area contributed by atoms with E-state index < -0.39 is 5.63 Å². The van der Waals surface area contributed by atoms with Gasteiger partial charge in [0.25, 0.3) is 0 Å². The van der Waals surface area contributed by atoms with E-state index in [1.807, 2.05) is 30.3 Å². The van der Waals surface area contributed by atoms with Crippen molar-refractivity contribution < 1.29 is 13.9 Å². The van der Waals surface area contributed by atoms with Crippen molar-refractivity contribution in [3.63, 3.8) is 0 Å². The average Bonchev–Trinajstić information content (AvgIpc) is 3.38. The van der Waals surface area contributed by atoms with E-state index in [9.17, 15) is 4.79 Å². The Bertz CT molecular complexity index is 913. The summed E-state index contributed by atoms with van der Waals surface area (Å²) in [6, 6.07) is 14.6. The molecule has 0 aliphatic carbocycles. The number of hydrogen-bond acceptors (Lipinski definition) is 4. The van der Waals surface area contributed by atoms with E-state index in [0.717, 1.165) is 16.5 Å². The number of rotatable bonds is 4. The first kappa shape index (κ1) is 14.3. The highest BCUT2D eigenvalue weighted by molar-refractivity contribution is 6.33. The molecule has 0 saturated carbocycles. The molecule has 23 heavy (non-hydrogen) atoms. The van der Waals surface area contributed by atoms with Gasteiger partial charge in [0.2, 0.25) is 0 Å². The summed E-state index contributed by atoms with van der Waals surface area (Å²) in [4.78, 5) is 11.9. The summed E-state index contributed by atoms with van der Waals surface area (Å²) in [5.41, 5.74) is 1.76. The van der Waals surface area contributed by atoms with Gasteiger partial charge in [0.05, 0.1) is 11.6 Å².